The number of hydrogen-bond donors (Lipinski definition) is 4. The maximum atomic E-state index is 12.7. The van der Waals surface area contributed by atoms with Crippen LogP contribution in [0.25, 0.3) is 0 Å². The molecular formula is C32H42N4O4. The largest absolute Gasteiger partial charge is 0.379 e. The molecule has 0 fully saturated rings. The lowest BCUT2D eigenvalue weighted by molar-refractivity contribution is -0.128. The third-order valence-electron chi connectivity index (χ3n) is 6.10. The normalized spacial score (nSPS) is 20.3. The number of methoxy groups -OCH3 is 1. The lowest BCUT2D eigenvalue weighted by Gasteiger charge is -2.21. The molecule has 0 radical (unpaired) electrons. The predicted molar refractivity (Wildman–Crippen MR) is 160 cm³/mol. The highest BCUT2D eigenvalue weighted by Crippen LogP contribution is 2.11. The zero-order valence-corrected chi connectivity index (χ0v) is 23.8. The van der Waals surface area contributed by atoms with Gasteiger partial charge in [0.25, 0.3) is 0 Å². The molecule has 8 heteroatoms. The van der Waals surface area contributed by atoms with Crippen molar-refractivity contribution in [2.24, 2.45) is 5.73 Å². The van der Waals surface area contributed by atoms with E-state index in [1.165, 1.54) is 6.92 Å². The average Bonchev–Trinajstić information content (AvgIpc) is 3.04. The molecule has 1 aromatic carbocycles. The zero-order chi connectivity index (χ0) is 29.3. The lowest BCUT2D eigenvalue weighted by atomic mass is 10.0. The van der Waals surface area contributed by atoms with Gasteiger partial charge in [-0.2, -0.15) is 0 Å². The van der Waals surface area contributed by atoms with Crippen LogP contribution in [0.5, 0.6) is 0 Å². The van der Waals surface area contributed by atoms with E-state index in [1.54, 1.807) is 32.3 Å². The van der Waals surface area contributed by atoms with Gasteiger partial charge in [-0.25, -0.2) is 0 Å². The summed E-state index contributed by atoms with van der Waals surface area (Å²) in [5.41, 5.74) is 9.02. The van der Waals surface area contributed by atoms with E-state index in [4.69, 9.17) is 10.5 Å². The van der Waals surface area contributed by atoms with E-state index in [9.17, 15) is 14.4 Å². The number of hydrogen-bond acceptors (Lipinski definition) is 5. The Labute approximate surface area is 237 Å². The minimum Gasteiger partial charge on any atom is -0.379 e. The first-order valence-electron chi connectivity index (χ1n) is 13.4. The Morgan fingerprint density at radius 3 is 2.48 bits per heavy atom. The fourth-order valence-corrected chi connectivity index (χ4v) is 3.99. The van der Waals surface area contributed by atoms with Crippen molar-refractivity contribution < 1.29 is 19.1 Å². The van der Waals surface area contributed by atoms with E-state index in [-0.39, 0.29) is 36.3 Å². The molecule has 0 spiro atoms. The number of carbonyl (C=O) groups is 3. The molecule has 1 aromatic rings. The molecule has 4 atom stereocenters. The number of ether oxygens (including phenoxy) is 1. The van der Waals surface area contributed by atoms with Gasteiger partial charge in [-0.3, -0.25) is 14.4 Å². The van der Waals surface area contributed by atoms with Gasteiger partial charge in [-0.15, -0.1) is 0 Å². The number of allylic oxidation sites excluding steroid dienone is 9. The van der Waals surface area contributed by atoms with Crippen molar-refractivity contribution in [3.63, 3.8) is 0 Å². The topological polar surface area (TPSA) is 123 Å². The summed E-state index contributed by atoms with van der Waals surface area (Å²) in [6.07, 6.45) is 19.9. The molecule has 2 rings (SSSR count). The van der Waals surface area contributed by atoms with Crippen LogP contribution in [0, 0.1) is 0 Å². The van der Waals surface area contributed by atoms with Gasteiger partial charge in [0, 0.05) is 32.2 Å². The van der Waals surface area contributed by atoms with Crippen LogP contribution >= 0.6 is 0 Å². The molecule has 5 N–H and O–H groups in total. The summed E-state index contributed by atoms with van der Waals surface area (Å²) in [6, 6.07) is 8.30. The van der Waals surface area contributed by atoms with Crippen molar-refractivity contribution in [3.05, 3.63) is 108 Å². The molecule has 214 valence electrons. The Kier molecular flexibility index (Phi) is 14.1. The molecule has 2 unspecified atom stereocenters. The molecule has 1 aliphatic carbocycles. The molecule has 0 heterocycles. The predicted octanol–water partition coefficient (Wildman–Crippen LogP) is 3.55. The summed E-state index contributed by atoms with van der Waals surface area (Å²) < 4.78 is 5.62. The van der Waals surface area contributed by atoms with Crippen molar-refractivity contribution in [2.45, 2.75) is 64.3 Å². The smallest absolute Gasteiger partial charge is 0.246 e. The summed E-state index contributed by atoms with van der Waals surface area (Å²) in [5, 5.41) is 8.29. The van der Waals surface area contributed by atoms with Crippen molar-refractivity contribution in [1.29, 1.82) is 0 Å². The number of nitrogens with two attached hydrogens (primary N) is 1. The van der Waals surface area contributed by atoms with Crippen LogP contribution in [0.1, 0.15) is 39.2 Å². The minimum atomic E-state index is -0.772. The number of benzene rings is 1. The summed E-state index contributed by atoms with van der Waals surface area (Å²) in [7, 11) is 1.64. The second kappa shape index (κ2) is 17.6. The molecule has 0 aromatic heterocycles. The summed E-state index contributed by atoms with van der Waals surface area (Å²) in [6.45, 7) is 4.90. The summed E-state index contributed by atoms with van der Waals surface area (Å²) in [5.74, 6) is -0.980. The molecule has 1 aliphatic rings. The molecule has 8 nitrogen and oxygen atoms in total. The summed E-state index contributed by atoms with van der Waals surface area (Å²) in [4.78, 5) is 37.2. The second-order valence-electron chi connectivity index (χ2n) is 9.67. The Balaban J connectivity index is 1.97. The Bertz CT molecular complexity index is 1160. The lowest BCUT2D eigenvalue weighted by Crippen LogP contribution is -2.46. The van der Waals surface area contributed by atoms with Crippen LogP contribution in [0.3, 0.4) is 0 Å². The van der Waals surface area contributed by atoms with Crippen molar-refractivity contribution in [1.82, 2.24) is 16.0 Å². The van der Waals surface area contributed by atoms with Crippen LogP contribution in [0.15, 0.2) is 102 Å². The van der Waals surface area contributed by atoms with E-state index in [0.29, 0.717) is 12.1 Å². The Morgan fingerprint density at radius 2 is 1.77 bits per heavy atom. The monoisotopic (exact) mass is 546 g/mol. The SMILES string of the molecule is CO[C@@H](Cc1ccccc1)[C@@H](N)/C=C(C)/C=C/C(CC(=O)NC(C)C(=O)NC1=C/C=C\C/C=C\C=C\1)NC(C)=O. The quantitative estimate of drug-likeness (QED) is 0.282. The van der Waals surface area contributed by atoms with Gasteiger partial charge in [-0.1, -0.05) is 84.5 Å². The van der Waals surface area contributed by atoms with Gasteiger partial charge in [-0.05, 0) is 38.0 Å². The van der Waals surface area contributed by atoms with Gasteiger partial charge < -0.3 is 26.4 Å². The molecular weight excluding hydrogens is 504 g/mol. The number of nitrogens with one attached hydrogen (secondary N) is 3. The highest BCUT2D eigenvalue weighted by atomic mass is 16.5. The number of rotatable bonds is 13. The van der Waals surface area contributed by atoms with E-state index < -0.39 is 12.1 Å². The zero-order valence-electron chi connectivity index (χ0n) is 23.8. The first kappa shape index (κ1) is 32.2. The Hall–Kier alpha value is -4.01. The minimum absolute atomic E-state index is 0.0299. The van der Waals surface area contributed by atoms with E-state index in [1.807, 2.05) is 79.8 Å². The van der Waals surface area contributed by atoms with Crippen LogP contribution in [0.2, 0.25) is 0 Å². The van der Waals surface area contributed by atoms with Gasteiger partial charge in [0.05, 0.1) is 18.6 Å². The van der Waals surface area contributed by atoms with Crippen LogP contribution < -0.4 is 21.7 Å². The van der Waals surface area contributed by atoms with Crippen molar-refractivity contribution in [2.75, 3.05) is 7.11 Å². The van der Waals surface area contributed by atoms with Crippen LogP contribution in [-0.4, -0.2) is 49.1 Å². The molecule has 3 amide bonds. The maximum absolute atomic E-state index is 12.7. The standard InChI is InChI=1S/C32H42N4O4/c1-23(20-29(33)30(40-4)21-26-14-10-9-11-15-26)18-19-28(35-25(3)37)22-31(38)34-24(2)32(39)36-27-16-12-7-5-6-8-13-17-27/h5,7-20,24,28-30H,6,21-22,33H2,1-4H3,(H,34,38)(H,35,37)(H,36,39)/b7-5-,13-8-,16-12+,19-18+,23-20+,27-17+/t24?,28?,29-,30-/m0/s1. The highest BCUT2D eigenvalue weighted by Gasteiger charge is 2.19. The van der Waals surface area contributed by atoms with Gasteiger partial charge >= 0.3 is 0 Å². The molecule has 0 saturated heterocycles. The molecule has 0 saturated carbocycles. The number of amides is 3. The molecule has 40 heavy (non-hydrogen) atoms. The molecule has 0 aliphatic heterocycles. The van der Waals surface area contributed by atoms with Gasteiger partial charge in [0.1, 0.15) is 6.04 Å². The van der Waals surface area contributed by atoms with E-state index in [0.717, 1.165) is 17.6 Å². The van der Waals surface area contributed by atoms with E-state index in [2.05, 4.69) is 16.0 Å². The first-order chi connectivity index (χ1) is 19.2. The van der Waals surface area contributed by atoms with Gasteiger partial charge in [0.15, 0.2) is 0 Å². The Morgan fingerprint density at radius 1 is 1.05 bits per heavy atom. The molecule has 0 bridgehead atoms. The summed E-state index contributed by atoms with van der Waals surface area (Å²) >= 11 is 0. The maximum Gasteiger partial charge on any atom is 0.246 e. The fourth-order valence-electron chi connectivity index (χ4n) is 3.99. The van der Waals surface area contributed by atoms with Crippen molar-refractivity contribution >= 4 is 17.7 Å². The third kappa shape index (κ3) is 12.7. The highest BCUT2D eigenvalue weighted by molar-refractivity contribution is 5.89. The van der Waals surface area contributed by atoms with Crippen LogP contribution in [0.4, 0.5) is 0 Å². The number of carbonyl (C=O) groups excluding carboxylic acids is 3. The second-order valence-corrected chi connectivity index (χ2v) is 9.67. The van der Waals surface area contributed by atoms with E-state index >= 15 is 0 Å². The first-order valence-corrected chi connectivity index (χ1v) is 13.4. The van der Waals surface area contributed by atoms with Crippen molar-refractivity contribution in [3.8, 4) is 0 Å². The van der Waals surface area contributed by atoms with Crippen LogP contribution in [-0.2, 0) is 25.5 Å². The van der Waals surface area contributed by atoms with Gasteiger partial charge in [0.2, 0.25) is 17.7 Å². The third-order valence-corrected chi connectivity index (χ3v) is 6.10. The fraction of sp³-hybridized carbons (Fsp3) is 0.344. The average molecular weight is 547 g/mol.